The summed E-state index contributed by atoms with van der Waals surface area (Å²) in [5, 5.41) is 3.52. The molecule has 0 amide bonds. The van der Waals surface area contributed by atoms with Crippen molar-refractivity contribution >= 4 is 5.97 Å². The smallest absolute Gasteiger partial charge is 0.326 e. The quantitative estimate of drug-likeness (QED) is 0.713. The SMILES string of the molecule is CCOC(=O)C(C)(CC(C)N1CCN(C)CC1)NC1CC1. The molecule has 1 aliphatic carbocycles. The van der Waals surface area contributed by atoms with Crippen molar-refractivity contribution in [3.8, 4) is 0 Å². The number of hydrogen-bond acceptors (Lipinski definition) is 5. The van der Waals surface area contributed by atoms with Crippen molar-refractivity contribution in [2.24, 2.45) is 0 Å². The van der Waals surface area contributed by atoms with E-state index < -0.39 is 5.54 Å². The van der Waals surface area contributed by atoms with Gasteiger partial charge in [-0.2, -0.15) is 0 Å². The Hall–Kier alpha value is -0.650. The van der Waals surface area contributed by atoms with Gasteiger partial charge in [0.2, 0.25) is 0 Å². The summed E-state index contributed by atoms with van der Waals surface area (Å²) in [6, 6.07) is 0.887. The molecule has 0 bridgehead atoms. The van der Waals surface area contributed by atoms with Crippen LogP contribution in [-0.2, 0) is 9.53 Å². The highest BCUT2D eigenvalue weighted by Gasteiger charge is 2.41. The molecule has 0 aromatic rings. The van der Waals surface area contributed by atoms with Gasteiger partial charge in [0.05, 0.1) is 6.61 Å². The fourth-order valence-electron chi connectivity index (χ4n) is 3.15. The van der Waals surface area contributed by atoms with Crippen molar-refractivity contribution in [1.82, 2.24) is 15.1 Å². The molecular formula is C16H31N3O2. The van der Waals surface area contributed by atoms with Crippen LogP contribution in [0.3, 0.4) is 0 Å². The lowest BCUT2D eigenvalue weighted by Gasteiger charge is -2.40. The average Bonchev–Trinajstić information content (AvgIpc) is 3.23. The van der Waals surface area contributed by atoms with Crippen molar-refractivity contribution < 1.29 is 9.53 Å². The van der Waals surface area contributed by atoms with Gasteiger partial charge in [0.1, 0.15) is 5.54 Å². The molecule has 0 aromatic carbocycles. The van der Waals surface area contributed by atoms with E-state index in [2.05, 4.69) is 29.1 Å². The van der Waals surface area contributed by atoms with Gasteiger partial charge in [-0.3, -0.25) is 15.0 Å². The van der Waals surface area contributed by atoms with Crippen LogP contribution in [0.4, 0.5) is 0 Å². The number of carbonyl (C=O) groups is 1. The maximum Gasteiger partial charge on any atom is 0.326 e. The Morgan fingerprint density at radius 2 is 1.95 bits per heavy atom. The van der Waals surface area contributed by atoms with E-state index >= 15 is 0 Å². The van der Waals surface area contributed by atoms with Crippen molar-refractivity contribution in [2.75, 3.05) is 39.8 Å². The molecule has 5 heteroatoms. The minimum atomic E-state index is -0.556. The summed E-state index contributed by atoms with van der Waals surface area (Å²) in [5.41, 5.74) is -0.556. The summed E-state index contributed by atoms with van der Waals surface area (Å²) >= 11 is 0. The molecule has 1 saturated carbocycles. The number of rotatable bonds is 7. The second kappa shape index (κ2) is 7.07. The van der Waals surface area contributed by atoms with E-state index in [1.54, 1.807) is 0 Å². The molecular weight excluding hydrogens is 266 g/mol. The van der Waals surface area contributed by atoms with Crippen LogP contribution in [0.1, 0.15) is 40.0 Å². The molecule has 2 rings (SSSR count). The Morgan fingerprint density at radius 1 is 1.33 bits per heavy atom. The van der Waals surface area contributed by atoms with E-state index in [9.17, 15) is 4.79 Å². The van der Waals surface area contributed by atoms with E-state index in [-0.39, 0.29) is 5.97 Å². The van der Waals surface area contributed by atoms with Gasteiger partial charge >= 0.3 is 5.97 Å². The van der Waals surface area contributed by atoms with Gasteiger partial charge in [-0.25, -0.2) is 0 Å². The monoisotopic (exact) mass is 297 g/mol. The predicted octanol–water partition coefficient (Wildman–Crippen LogP) is 1.09. The highest BCUT2D eigenvalue weighted by molar-refractivity contribution is 5.80. The lowest BCUT2D eigenvalue weighted by Crippen LogP contribution is -2.57. The van der Waals surface area contributed by atoms with Crippen LogP contribution in [0.15, 0.2) is 0 Å². The van der Waals surface area contributed by atoms with Gasteiger partial charge in [0, 0.05) is 38.3 Å². The van der Waals surface area contributed by atoms with Crippen LogP contribution in [0.25, 0.3) is 0 Å². The first-order chi connectivity index (χ1) is 9.94. The fraction of sp³-hybridized carbons (Fsp3) is 0.938. The Labute approximate surface area is 129 Å². The number of nitrogens with zero attached hydrogens (tertiary/aromatic N) is 2. The fourth-order valence-corrected chi connectivity index (χ4v) is 3.15. The maximum absolute atomic E-state index is 12.4. The van der Waals surface area contributed by atoms with Crippen LogP contribution in [0, 0.1) is 0 Å². The van der Waals surface area contributed by atoms with Crippen molar-refractivity contribution in [3.05, 3.63) is 0 Å². The summed E-state index contributed by atoms with van der Waals surface area (Å²) in [7, 11) is 2.17. The second-order valence-electron chi connectivity index (χ2n) is 6.86. The van der Waals surface area contributed by atoms with Crippen molar-refractivity contribution in [2.45, 2.75) is 57.7 Å². The first-order valence-corrected chi connectivity index (χ1v) is 8.32. The third kappa shape index (κ3) is 4.66. The van der Waals surface area contributed by atoms with Crippen molar-refractivity contribution in [3.63, 3.8) is 0 Å². The average molecular weight is 297 g/mol. The van der Waals surface area contributed by atoms with Gasteiger partial charge in [0.15, 0.2) is 0 Å². The molecule has 1 heterocycles. The van der Waals surface area contributed by atoms with Gasteiger partial charge in [-0.15, -0.1) is 0 Å². The van der Waals surface area contributed by atoms with Crippen LogP contribution >= 0.6 is 0 Å². The Balaban J connectivity index is 1.94. The van der Waals surface area contributed by atoms with Gasteiger partial charge < -0.3 is 9.64 Å². The number of ether oxygens (including phenoxy) is 1. The summed E-state index contributed by atoms with van der Waals surface area (Å²) in [6.45, 7) is 10.9. The molecule has 2 fully saturated rings. The molecule has 0 radical (unpaired) electrons. The summed E-state index contributed by atoms with van der Waals surface area (Å²) < 4.78 is 5.31. The highest BCUT2D eigenvalue weighted by Crippen LogP contribution is 2.27. The molecule has 1 aliphatic heterocycles. The molecule has 2 aliphatic rings. The number of hydrogen-bond donors (Lipinski definition) is 1. The zero-order valence-corrected chi connectivity index (χ0v) is 14.0. The number of carbonyl (C=O) groups excluding carboxylic acids is 1. The largest absolute Gasteiger partial charge is 0.465 e. The van der Waals surface area contributed by atoms with E-state index in [0.29, 0.717) is 18.7 Å². The zero-order chi connectivity index (χ0) is 15.5. The number of likely N-dealkylation sites (N-methyl/N-ethyl adjacent to an activating group) is 1. The molecule has 1 saturated heterocycles. The number of nitrogens with one attached hydrogen (secondary N) is 1. The van der Waals surface area contributed by atoms with Gasteiger partial charge in [0.25, 0.3) is 0 Å². The molecule has 0 spiro atoms. The normalized spacial score (nSPS) is 25.3. The third-order valence-corrected chi connectivity index (χ3v) is 4.69. The van der Waals surface area contributed by atoms with Gasteiger partial charge in [-0.05, 0) is 47.1 Å². The van der Waals surface area contributed by atoms with Crippen LogP contribution in [0.5, 0.6) is 0 Å². The number of esters is 1. The second-order valence-corrected chi connectivity index (χ2v) is 6.86. The van der Waals surface area contributed by atoms with E-state index in [1.807, 2.05) is 13.8 Å². The summed E-state index contributed by atoms with van der Waals surface area (Å²) in [4.78, 5) is 17.2. The summed E-state index contributed by atoms with van der Waals surface area (Å²) in [5.74, 6) is -0.0992. The molecule has 2 atom stereocenters. The number of piperazine rings is 1. The maximum atomic E-state index is 12.4. The van der Waals surface area contributed by atoms with Crippen molar-refractivity contribution in [1.29, 1.82) is 0 Å². The molecule has 21 heavy (non-hydrogen) atoms. The molecule has 1 N–H and O–H groups in total. The Kier molecular flexibility index (Phi) is 5.63. The Morgan fingerprint density at radius 3 is 2.48 bits per heavy atom. The molecule has 122 valence electrons. The van der Waals surface area contributed by atoms with Gasteiger partial charge in [-0.1, -0.05) is 0 Å². The first kappa shape index (κ1) is 16.7. The van der Waals surface area contributed by atoms with Crippen LogP contribution in [0.2, 0.25) is 0 Å². The van der Waals surface area contributed by atoms with E-state index in [0.717, 1.165) is 32.6 Å². The first-order valence-electron chi connectivity index (χ1n) is 8.32. The Bertz CT molecular complexity index is 351. The summed E-state index contributed by atoms with van der Waals surface area (Å²) in [6.07, 6.45) is 3.17. The lowest BCUT2D eigenvalue weighted by molar-refractivity contribution is -0.151. The van der Waals surface area contributed by atoms with E-state index in [1.165, 1.54) is 12.8 Å². The topological polar surface area (TPSA) is 44.8 Å². The van der Waals surface area contributed by atoms with Crippen LogP contribution < -0.4 is 5.32 Å². The molecule has 5 nitrogen and oxygen atoms in total. The molecule has 0 aromatic heterocycles. The van der Waals surface area contributed by atoms with Crippen LogP contribution in [-0.4, -0.2) is 73.2 Å². The standard InChI is InChI=1S/C16H31N3O2/c1-5-21-15(20)16(3,17-14-6-7-14)12-13(2)19-10-8-18(4)9-11-19/h13-14,17H,5-12H2,1-4H3. The lowest BCUT2D eigenvalue weighted by atomic mass is 9.92. The minimum Gasteiger partial charge on any atom is -0.465 e. The molecule has 2 unspecified atom stereocenters. The zero-order valence-electron chi connectivity index (χ0n) is 14.0. The minimum absolute atomic E-state index is 0.0992. The highest BCUT2D eigenvalue weighted by atomic mass is 16.5. The van der Waals surface area contributed by atoms with E-state index in [4.69, 9.17) is 4.74 Å². The third-order valence-electron chi connectivity index (χ3n) is 4.69. The predicted molar refractivity (Wildman–Crippen MR) is 84.3 cm³/mol.